The number of rotatable bonds is 21. The van der Waals surface area contributed by atoms with Crippen molar-refractivity contribution in [2.45, 2.75) is 135 Å². The number of hydrogen-bond donors (Lipinski definition) is 2. The number of allylic oxidation sites excluding steroid dienone is 1. The van der Waals surface area contributed by atoms with Crippen LogP contribution in [0.5, 0.6) is 0 Å². The molecule has 172 valence electrons. The van der Waals surface area contributed by atoms with Crippen molar-refractivity contribution in [3.63, 3.8) is 0 Å². The van der Waals surface area contributed by atoms with Crippen LogP contribution in [0.25, 0.3) is 0 Å². The minimum absolute atomic E-state index is 0.123. The first kappa shape index (κ1) is 28.1. The first-order valence-corrected chi connectivity index (χ1v) is 12.2. The molecule has 0 rings (SSSR count). The second-order valence-electron chi connectivity index (χ2n) is 8.38. The van der Waals surface area contributed by atoms with E-state index in [1.54, 1.807) is 0 Å². The van der Waals surface area contributed by atoms with Gasteiger partial charge in [0.25, 0.3) is 0 Å². The molecule has 0 aromatic heterocycles. The summed E-state index contributed by atoms with van der Waals surface area (Å²) in [6, 6.07) is 0. The predicted octanol–water partition coefficient (Wildman–Crippen LogP) is 6.48. The third-order valence-electron chi connectivity index (χ3n) is 5.49. The lowest BCUT2D eigenvalue weighted by Gasteiger charge is -2.13. The second-order valence-corrected chi connectivity index (χ2v) is 8.38. The Labute approximate surface area is 180 Å². The minimum Gasteiger partial charge on any atom is -0.469 e. The molecule has 2 N–H and O–H groups in total. The highest BCUT2D eigenvalue weighted by Gasteiger charge is 2.09. The molecule has 0 aromatic rings. The van der Waals surface area contributed by atoms with Gasteiger partial charge in [0, 0.05) is 12.8 Å². The largest absolute Gasteiger partial charge is 0.469 e. The number of aliphatic hydroxyl groups is 2. The summed E-state index contributed by atoms with van der Waals surface area (Å²) >= 11 is 0. The third kappa shape index (κ3) is 21.7. The summed E-state index contributed by atoms with van der Waals surface area (Å²) in [6.45, 7) is 2.25. The molecule has 0 aliphatic heterocycles. The SMILES string of the molecule is CCCCCCCCCCCC(O)CC(O)C=CCCCCCCCC(=O)OC. The molecule has 0 saturated carbocycles. The maximum atomic E-state index is 11.0. The van der Waals surface area contributed by atoms with Crippen molar-refractivity contribution in [3.8, 4) is 0 Å². The molecule has 2 atom stereocenters. The molecule has 4 nitrogen and oxygen atoms in total. The van der Waals surface area contributed by atoms with E-state index < -0.39 is 12.2 Å². The van der Waals surface area contributed by atoms with Crippen molar-refractivity contribution in [1.82, 2.24) is 0 Å². The number of ether oxygens (including phenoxy) is 1. The van der Waals surface area contributed by atoms with E-state index in [9.17, 15) is 15.0 Å². The number of carbonyl (C=O) groups excluding carboxylic acids is 1. The predicted molar refractivity (Wildman–Crippen MR) is 122 cm³/mol. The van der Waals surface area contributed by atoms with Gasteiger partial charge in [-0.3, -0.25) is 4.79 Å². The smallest absolute Gasteiger partial charge is 0.305 e. The topological polar surface area (TPSA) is 66.8 Å². The number of carbonyl (C=O) groups is 1. The Morgan fingerprint density at radius 1 is 0.828 bits per heavy atom. The third-order valence-corrected chi connectivity index (χ3v) is 5.49. The van der Waals surface area contributed by atoms with Crippen molar-refractivity contribution in [2.75, 3.05) is 7.11 Å². The minimum atomic E-state index is -0.538. The molecule has 4 heteroatoms. The van der Waals surface area contributed by atoms with E-state index in [0.29, 0.717) is 12.8 Å². The van der Waals surface area contributed by atoms with Crippen LogP contribution >= 0.6 is 0 Å². The zero-order valence-electron chi connectivity index (χ0n) is 19.2. The summed E-state index contributed by atoms with van der Waals surface area (Å²) < 4.78 is 4.62. The molecule has 0 spiro atoms. The number of methoxy groups -OCH3 is 1. The molecule has 0 bridgehead atoms. The highest BCUT2D eigenvalue weighted by molar-refractivity contribution is 5.68. The number of unbranched alkanes of at least 4 members (excludes halogenated alkanes) is 13. The average Bonchev–Trinajstić information content (AvgIpc) is 2.71. The zero-order chi connectivity index (χ0) is 21.6. The highest BCUT2D eigenvalue weighted by atomic mass is 16.5. The van der Waals surface area contributed by atoms with Gasteiger partial charge in [0.1, 0.15) is 0 Å². The summed E-state index contributed by atoms with van der Waals surface area (Å²) in [6.07, 6.45) is 22.6. The lowest BCUT2D eigenvalue weighted by atomic mass is 10.0. The Hall–Kier alpha value is -0.870. The van der Waals surface area contributed by atoms with E-state index in [1.165, 1.54) is 58.5 Å². The molecular formula is C25H48O4. The fourth-order valence-corrected chi connectivity index (χ4v) is 3.58. The maximum Gasteiger partial charge on any atom is 0.305 e. The van der Waals surface area contributed by atoms with Crippen molar-refractivity contribution in [3.05, 3.63) is 12.2 Å². The van der Waals surface area contributed by atoms with Crippen LogP contribution in [0.4, 0.5) is 0 Å². The van der Waals surface area contributed by atoms with Crippen molar-refractivity contribution in [2.24, 2.45) is 0 Å². The first-order valence-electron chi connectivity index (χ1n) is 12.2. The van der Waals surface area contributed by atoms with Crippen LogP contribution in [-0.4, -0.2) is 35.5 Å². The van der Waals surface area contributed by atoms with E-state index >= 15 is 0 Å². The van der Waals surface area contributed by atoms with Crippen LogP contribution in [0.3, 0.4) is 0 Å². The fourth-order valence-electron chi connectivity index (χ4n) is 3.58. The van der Waals surface area contributed by atoms with Crippen LogP contribution in [0.1, 0.15) is 122 Å². The normalized spacial score (nSPS) is 13.7. The fraction of sp³-hybridized carbons (Fsp3) is 0.880. The van der Waals surface area contributed by atoms with Gasteiger partial charge in [-0.05, 0) is 25.7 Å². The summed E-state index contributed by atoms with van der Waals surface area (Å²) in [5, 5.41) is 20.1. The van der Waals surface area contributed by atoms with E-state index in [-0.39, 0.29) is 5.97 Å². The summed E-state index contributed by atoms with van der Waals surface area (Å²) in [5.41, 5.74) is 0. The molecular weight excluding hydrogens is 364 g/mol. The van der Waals surface area contributed by atoms with Gasteiger partial charge in [-0.1, -0.05) is 96.1 Å². The molecule has 0 radical (unpaired) electrons. The van der Waals surface area contributed by atoms with Crippen LogP contribution in [0.2, 0.25) is 0 Å². The van der Waals surface area contributed by atoms with E-state index in [1.807, 2.05) is 12.2 Å². The lowest BCUT2D eigenvalue weighted by molar-refractivity contribution is -0.140. The molecule has 0 amide bonds. The monoisotopic (exact) mass is 412 g/mol. The van der Waals surface area contributed by atoms with Gasteiger partial charge in [-0.2, -0.15) is 0 Å². The van der Waals surface area contributed by atoms with Crippen LogP contribution in [0, 0.1) is 0 Å². The second kappa shape index (κ2) is 21.8. The molecule has 29 heavy (non-hydrogen) atoms. The van der Waals surface area contributed by atoms with Crippen molar-refractivity contribution in [1.29, 1.82) is 0 Å². The van der Waals surface area contributed by atoms with Gasteiger partial charge in [0.15, 0.2) is 0 Å². The zero-order valence-corrected chi connectivity index (χ0v) is 19.2. The van der Waals surface area contributed by atoms with Crippen LogP contribution < -0.4 is 0 Å². The lowest BCUT2D eigenvalue weighted by Crippen LogP contribution is -2.15. The van der Waals surface area contributed by atoms with Gasteiger partial charge in [0.2, 0.25) is 0 Å². The van der Waals surface area contributed by atoms with Gasteiger partial charge in [-0.15, -0.1) is 0 Å². The first-order chi connectivity index (χ1) is 14.1. The molecule has 0 aromatic carbocycles. The molecule has 0 fully saturated rings. The standard InChI is InChI=1S/C25H48O4/c1-3-4-5-6-7-8-10-13-16-19-23(26)22-24(27)20-17-14-11-9-12-15-18-21-25(28)29-2/h17,20,23-24,26-27H,3-16,18-19,21-22H2,1-2H3. The number of esters is 1. The number of hydrogen-bond acceptors (Lipinski definition) is 4. The molecule has 0 heterocycles. The average molecular weight is 413 g/mol. The van der Waals surface area contributed by atoms with Gasteiger partial charge in [-0.25, -0.2) is 0 Å². The summed E-state index contributed by atoms with van der Waals surface area (Å²) in [5.74, 6) is -0.123. The van der Waals surface area contributed by atoms with Crippen LogP contribution in [0.15, 0.2) is 12.2 Å². The van der Waals surface area contributed by atoms with E-state index in [4.69, 9.17) is 0 Å². The van der Waals surface area contributed by atoms with Crippen molar-refractivity contribution < 1.29 is 19.7 Å². The Bertz CT molecular complexity index is 381. The van der Waals surface area contributed by atoms with E-state index in [0.717, 1.165) is 51.4 Å². The quantitative estimate of drug-likeness (QED) is 0.129. The van der Waals surface area contributed by atoms with Gasteiger partial charge >= 0.3 is 5.97 Å². The van der Waals surface area contributed by atoms with Gasteiger partial charge in [0.05, 0.1) is 19.3 Å². The molecule has 0 aliphatic carbocycles. The molecule has 0 saturated heterocycles. The Morgan fingerprint density at radius 3 is 2.00 bits per heavy atom. The highest BCUT2D eigenvalue weighted by Crippen LogP contribution is 2.14. The number of aliphatic hydroxyl groups excluding tert-OH is 2. The molecule has 2 unspecified atom stereocenters. The Morgan fingerprint density at radius 2 is 1.38 bits per heavy atom. The Balaban J connectivity index is 3.45. The Kier molecular flexibility index (Phi) is 21.2. The maximum absolute atomic E-state index is 11.0. The van der Waals surface area contributed by atoms with E-state index in [2.05, 4.69) is 11.7 Å². The molecule has 0 aliphatic rings. The van der Waals surface area contributed by atoms with Gasteiger partial charge < -0.3 is 14.9 Å². The van der Waals surface area contributed by atoms with Crippen molar-refractivity contribution >= 4 is 5.97 Å². The van der Waals surface area contributed by atoms with Crippen LogP contribution in [-0.2, 0) is 9.53 Å². The summed E-state index contributed by atoms with van der Waals surface area (Å²) in [4.78, 5) is 11.0. The summed E-state index contributed by atoms with van der Waals surface area (Å²) in [7, 11) is 1.43.